The van der Waals surface area contributed by atoms with Crippen LogP contribution in [-0.4, -0.2) is 55.9 Å². The lowest BCUT2D eigenvalue weighted by atomic mass is 10.1. The minimum Gasteiger partial charge on any atom is -0.383 e. The lowest BCUT2D eigenvalue weighted by Crippen LogP contribution is -2.31. The number of hydrogen-bond donors (Lipinski definition) is 2. The molecule has 0 radical (unpaired) electrons. The Labute approximate surface area is 114 Å². The zero-order chi connectivity index (χ0) is 14.4. The summed E-state index contributed by atoms with van der Waals surface area (Å²) in [6.07, 6.45) is 0. The van der Waals surface area contributed by atoms with E-state index in [2.05, 4.69) is 39.4 Å². The number of methoxy groups -OCH3 is 1. The van der Waals surface area contributed by atoms with E-state index < -0.39 is 0 Å². The number of hydrogen-bond acceptors (Lipinski definition) is 7. The van der Waals surface area contributed by atoms with Crippen LogP contribution in [-0.2, 0) is 4.74 Å². The van der Waals surface area contributed by atoms with Crippen molar-refractivity contribution in [3.05, 3.63) is 0 Å². The van der Waals surface area contributed by atoms with Gasteiger partial charge in [0.2, 0.25) is 17.8 Å². The maximum Gasteiger partial charge on any atom is 0.231 e. The molecule has 0 aromatic carbocycles. The Balaban J connectivity index is 2.95. The number of nitrogens with zero attached hydrogens (tertiary/aromatic N) is 4. The maximum atomic E-state index is 5.21. The van der Waals surface area contributed by atoms with E-state index in [0.29, 0.717) is 30.4 Å². The van der Waals surface area contributed by atoms with Crippen molar-refractivity contribution < 1.29 is 4.74 Å². The molecule has 0 fully saturated rings. The molecule has 0 aliphatic carbocycles. The van der Waals surface area contributed by atoms with Gasteiger partial charge >= 0.3 is 0 Å². The zero-order valence-corrected chi connectivity index (χ0v) is 12.6. The molecular weight excluding hydrogens is 244 g/mol. The Kier molecular flexibility index (Phi) is 5.75. The fraction of sp³-hybridized carbons (Fsp3) is 0.750. The Hall–Kier alpha value is -1.63. The van der Waals surface area contributed by atoms with Crippen LogP contribution in [0.4, 0.5) is 17.8 Å². The highest BCUT2D eigenvalue weighted by atomic mass is 16.5. The lowest BCUT2D eigenvalue weighted by Gasteiger charge is -2.22. The molecule has 0 amide bonds. The van der Waals surface area contributed by atoms with Gasteiger partial charge in [-0.3, -0.25) is 0 Å². The van der Waals surface area contributed by atoms with Gasteiger partial charge in [-0.15, -0.1) is 0 Å². The van der Waals surface area contributed by atoms with Gasteiger partial charge in [-0.25, -0.2) is 0 Å². The van der Waals surface area contributed by atoms with Gasteiger partial charge in [0.25, 0.3) is 0 Å². The number of aromatic nitrogens is 3. The summed E-state index contributed by atoms with van der Waals surface area (Å²) in [5.74, 6) is 2.12. The second kappa shape index (κ2) is 7.08. The Morgan fingerprint density at radius 3 is 2.26 bits per heavy atom. The summed E-state index contributed by atoms with van der Waals surface area (Å²) < 4.78 is 5.21. The fourth-order valence-corrected chi connectivity index (χ4v) is 1.49. The molecule has 108 valence electrons. The van der Waals surface area contributed by atoms with E-state index in [9.17, 15) is 0 Å². The molecule has 0 spiro atoms. The second-order valence-corrected chi connectivity index (χ2v) is 4.88. The molecule has 7 nitrogen and oxygen atoms in total. The number of rotatable bonds is 7. The minimum atomic E-state index is 0.159. The highest BCUT2D eigenvalue weighted by Gasteiger charge is 2.16. The molecule has 1 atom stereocenters. The molecule has 0 aliphatic heterocycles. The van der Waals surface area contributed by atoms with Crippen LogP contribution in [0, 0.1) is 5.92 Å². The Morgan fingerprint density at radius 1 is 1.16 bits per heavy atom. The third-order valence-electron chi connectivity index (χ3n) is 2.71. The molecule has 0 saturated carbocycles. The minimum absolute atomic E-state index is 0.159. The van der Waals surface area contributed by atoms with Crippen molar-refractivity contribution >= 4 is 17.8 Å². The molecule has 7 heteroatoms. The van der Waals surface area contributed by atoms with Crippen LogP contribution in [0.5, 0.6) is 0 Å². The van der Waals surface area contributed by atoms with Gasteiger partial charge in [-0.1, -0.05) is 13.8 Å². The van der Waals surface area contributed by atoms with Crippen LogP contribution < -0.4 is 15.5 Å². The quantitative estimate of drug-likeness (QED) is 0.766. The average Bonchev–Trinajstić information content (AvgIpc) is 2.37. The molecular formula is C12H24N6O. The van der Waals surface area contributed by atoms with Gasteiger partial charge in [0.1, 0.15) is 0 Å². The van der Waals surface area contributed by atoms with Crippen LogP contribution >= 0.6 is 0 Å². The fourth-order valence-electron chi connectivity index (χ4n) is 1.49. The Bertz CT molecular complexity index is 396. The predicted octanol–water partition coefficient (Wildman–Crippen LogP) is 1.06. The van der Waals surface area contributed by atoms with Crippen LogP contribution in [0.25, 0.3) is 0 Å². The monoisotopic (exact) mass is 268 g/mol. The van der Waals surface area contributed by atoms with Crippen molar-refractivity contribution in [2.75, 3.05) is 50.4 Å². The second-order valence-electron chi connectivity index (χ2n) is 4.88. The van der Waals surface area contributed by atoms with Gasteiger partial charge in [0, 0.05) is 28.3 Å². The van der Waals surface area contributed by atoms with Crippen molar-refractivity contribution in [3.8, 4) is 0 Å². The summed E-state index contributed by atoms with van der Waals surface area (Å²) in [6, 6.07) is 0.159. The van der Waals surface area contributed by atoms with E-state index in [0.717, 1.165) is 0 Å². The van der Waals surface area contributed by atoms with Gasteiger partial charge < -0.3 is 20.3 Å². The first-order valence-corrected chi connectivity index (χ1v) is 6.34. The normalized spacial score (nSPS) is 12.4. The summed E-state index contributed by atoms with van der Waals surface area (Å²) in [6.45, 7) is 4.86. The molecule has 1 heterocycles. The predicted molar refractivity (Wildman–Crippen MR) is 77.8 cm³/mol. The van der Waals surface area contributed by atoms with Gasteiger partial charge in [-0.2, -0.15) is 15.0 Å². The topological polar surface area (TPSA) is 75.2 Å². The molecule has 1 rings (SSSR count). The van der Waals surface area contributed by atoms with Crippen LogP contribution in [0.3, 0.4) is 0 Å². The number of ether oxygens (including phenoxy) is 1. The number of nitrogens with one attached hydrogen (secondary N) is 2. The van der Waals surface area contributed by atoms with E-state index in [1.165, 1.54) is 0 Å². The van der Waals surface area contributed by atoms with E-state index in [-0.39, 0.29) is 6.04 Å². The molecule has 1 unspecified atom stereocenters. The zero-order valence-electron chi connectivity index (χ0n) is 12.6. The summed E-state index contributed by atoms with van der Waals surface area (Å²) in [4.78, 5) is 14.8. The molecule has 19 heavy (non-hydrogen) atoms. The van der Waals surface area contributed by atoms with Crippen molar-refractivity contribution in [1.82, 2.24) is 15.0 Å². The average molecular weight is 268 g/mol. The van der Waals surface area contributed by atoms with E-state index in [1.807, 2.05) is 19.0 Å². The summed E-state index contributed by atoms with van der Waals surface area (Å²) in [7, 11) is 7.27. The summed E-state index contributed by atoms with van der Waals surface area (Å²) >= 11 is 0. The van der Waals surface area contributed by atoms with E-state index in [1.54, 1.807) is 14.2 Å². The lowest BCUT2D eigenvalue weighted by molar-refractivity contribution is 0.171. The first-order valence-electron chi connectivity index (χ1n) is 6.34. The Morgan fingerprint density at radius 2 is 1.79 bits per heavy atom. The maximum absolute atomic E-state index is 5.21. The molecule has 0 saturated heterocycles. The third-order valence-corrected chi connectivity index (χ3v) is 2.71. The smallest absolute Gasteiger partial charge is 0.231 e. The van der Waals surface area contributed by atoms with Crippen LogP contribution in [0.2, 0.25) is 0 Å². The van der Waals surface area contributed by atoms with E-state index >= 15 is 0 Å². The largest absolute Gasteiger partial charge is 0.383 e. The summed E-state index contributed by atoms with van der Waals surface area (Å²) in [5, 5.41) is 6.23. The van der Waals surface area contributed by atoms with Gasteiger partial charge in [0.05, 0.1) is 12.6 Å². The van der Waals surface area contributed by atoms with Gasteiger partial charge in [0.15, 0.2) is 0 Å². The highest BCUT2D eigenvalue weighted by molar-refractivity contribution is 5.43. The summed E-state index contributed by atoms with van der Waals surface area (Å²) in [5.41, 5.74) is 0. The molecule has 0 aliphatic rings. The van der Waals surface area contributed by atoms with Crippen molar-refractivity contribution in [1.29, 1.82) is 0 Å². The highest BCUT2D eigenvalue weighted by Crippen LogP contribution is 2.14. The van der Waals surface area contributed by atoms with Crippen molar-refractivity contribution in [3.63, 3.8) is 0 Å². The van der Waals surface area contributed by atoms with Crippen LogP contribution in [0.1, 0.15) is 13.8 Å². The standard InChI is InChI=1S/C12H24N6O/c1-8(2)9(7-19-6)14-11-15-10(13-3)16-12(17-11)18(4)5/h8-9H,7H2,1-6H3,(H2,13,14,15,16,17). The third kappa shape index (κ3) is 4.51. The molecule has 1 aromatic rings. The molecule has 1 aromatic heterocycles. The van der Waals surface area contributed by atoms with Crippen LogP contribution in [0.15, 0.2) is 0 Å². The van der Waals surface area contributed by atoms with Crippen molar-refractivity contribution in [2.24, 2.45) is 5.92 Å². The van der Waals surface area contributed by atoms with E-state index in [4.69, 9.17) is 4.74 Å². The van der Waals surface area contributed by atoms with Gasteiger partial charge in [-0.05, 0) is 5.92 Å². The first-order chi connectivity index (χ1) is 8.97. The SMILES string of the molecule is CNc1nc(NC(COC)C(C)C)nc(N(C)C)n1. The van der Waals surface area contributed by atoms with Crippen molar-refractivity contribution in [2.45, 2.75) is 19.9 Å². The first kappa shape index (κ1) is 15.4. The number of anilines is 3. The molecule has 2 N–H and O–H groups in total. The molecule has 0 bridgehead atoms.